The van der Waals surface area contributed by atoms with Gasteiger partial charge in [0.2, 0.25) is 0 Å². The Hall–Kier alpha value is -1.32. The molecule has 0 radical (unpaired) electrons. The van der Waals surface area contributed by atoms with Crippen LogP contribution in [0.1, 0.15) is 32.4 Å². The minimum absolute atomic E-state index is 0.00373. The zero-order valence-corrected chi connectivity index (χ0v) is 12.9. The Balaban J connectivity index is 2.01. The zero-order valence-electron chi connectivity index (χ0n) is 12.9. The monoisotopic (exact) mass is 288 g/mol. The summed E-state index contributed by atoms with van der Waals surface area (Å²) in [6, 6.07) is 7.29. The van der Waals surface area contributed by atoms with Crippen molar-refractivity contribution in [2.75, 3.05) is 13.2 Å². The van der Waals surface area contributed by atoms with E-state index in [1.807, 2.05) is 12.1 Å². The molecule has 0 spiro atoms. The van der Waals surface area contributed by atoms with Gasteiger partial charge in [0.25, 0.3) is 0 Å². The standard InChI is InChI=1S/C18H24O3/c1-11-8-12(2)18(9-19)10-21-17(16(11)13(18)3)14-4-6-15(20)7-5-14/h4-8,12-13,16-17,19-20H,9-10H2,1-3H3/t12-,13-,16+,17+,18-/m0/s1. The number of allylic oxidation sites excluding steroid dienone is 1. The van der Waals surface area contributed by atoms with Crippen molar-refractivity contribution in [2.24, 2.45) is 23.2 Å². The molecule has 2 bridgehead atoms. The molecule has 1 fully saturated rings. The maximum atomic E-state index is 9.97. The molecule has 0 saturated carbocycles. The van der Waals surface area contributed by atoms with Gasteiger partial charge < -0.3 is 14.9 Å². The van der Waals surface area contributed by atoms with Crippen molar-refractivity contribution in [2.45, 2.75) is 26.9 Å². The summed E-state index contributed by atoms with van der Waals surface area (Å²) in [6.07, 6.45) is 2.31. The second-order valence-corrected chi connectivity index (χ2v) is 6.73. The summed E-state index contributed by atoms with van der Waals surface area (Å²) in [5, 5.41) is 19.4. The topological polar surface area (TPSA) is 49.7 Å². The molecule has 114 valence electrons. The van der Waals surface area contributed by atoms with E-state index >= 15 is 0 Å². The summed E-state index contributed by atoms with van der Waals surface area (Å²) in [5.41, 5.74) is 2.27. The van der Waals surface area contributed by atoms with E-state index in [9.17, 15) is 10.2 Å². The van der Waals surface area contributed by atoms with E-state index in [0.29, 0.717) is 18.4 Å². The van der Waals surface area contributed by atoms with Crippen molar-refractivity contribution in [3.63, 3.8) is 0 Å². The quantitative estimate of drug-likeness (QED) is 0.821. The van der Waals surface area contributed by atoms with Gasteiger partial charge in [-0.2, -0.15) is 0 Å². The Morgan fingerprint density at radius 3 is 2.52 bits per heavy atom. The first-order valence-corrected chi connectivity index (χ1v) is 7.69. The lowest BCUT2D eigenvalue weighted by molar-refractivity contribution is -0.165. The molecule has 5 atom stereocenters. The average Bonchev–Trinajstić information content (AvgIpc) is 2.46. The Morgan fingerprint density at radius 2 is 1.90 bits per heavy atom. The Bertz CT molecular complexity index is 548. The summed E-state index contributed by atoms with van der Waals surface area (Å²) in [6.45, 7) is 7.33. The molecule has 3 heteroatoms. The molecule has 2 N–H and O–H groups in total. The third-order valence-corrected chi connectivity index (χ3v) is 5.76. The molecule has 1 aromatic carbocycles. The van der Waals surface area contributed by atoms with E-state index in [4.69, 9.17) is 4.74 Å². The lowest BCUT2D eigenvalue weighted by Gasteiger charge is -2.55. The zero-order chi connectivity index (χ0) is 15.2. The van der Waals surface area contributed by atoms with Crippen molar-refractivity contribution in [1.29, 1.82) is 0 Å². The highest BCUT2D eigenvalue weighted by Crippen LogP contribution is 2.55. The van der Waals surface area contributed by atoms with E-state index < -0.39 is 0 Å². The van der Waals surface area contributed by atoms with Gasteiger partial charge in [-0.15, -0.1) is 0 Å². The van der Waals surface area contributed by atoms with Gasteiger partial charge in [-0.3, -0.25) is 0 Å². The number of rotatable bonds is 2. The van der Waals surface area contributed by atoms with Gasteiger partial charge in [0.05, 0.1) is 19.3 Å². The van der Waals surface area contributed by atoms with Crippen LogP contribution in [0.15, 0.2) is 35.9 Å². The van der Waals surface area contributed by atoms with Gasteiger partial charge in [0.15, 0.2) is 0 Å². The third-order valence-electron chi connectivity index (χ3n) is 5.76. The maximum absolute atomic E-state index is 9.97. The number of aliphatic hydroxyl groups is 1. The fourth-order valence-electron chi connectivity index (χ4n) is 4.25. The highest BCUT2D eigenvalue weighted by atomic mass is 16.5. The molecule has 3 rings (SSSR count). The number of aromatic hydroxyl groups is 1. The van der Waals surface area contributed by atoms with E-state index in [1.165, 1.54) is 5.57 Å². The van der Waals surface area contributed by atoms with Crippen molar-refractivity contribution in [3.05, 3.63) is 41.5 Å². The van der Waals surface area contributed by atoms with Gasteiger partial charge in [-0.25, -0.2) is 0 Å². The Labute approximate surface area is 126 Å². The van der Waals surface area contributed by atoms with E-state index in [-0.39, 0.29) is 29.8 Å². The number of phenols is 1. The smallest absolute Gasteiger partial charge is 0.115 e. The van der Waals surface area contributed by atoms with Crippen LogP contribution in [0.5, 0.6) is 5.75 Å². The number of fused-ring (bicyclic) bond motifs is 2. The van der Waals surface area contributed by atoms with Gasteiger partial charge in [-0.05, 0) is 36.5 Å². The normalized spacial score (nSPS) is 39.0. The SMILES string of the molecule is CC1=C[C@H](C)[C@]2(CO)CO[C@H](c3ccc(O)cc3)[C@H]1[C@@H]2C. The summed E-state index contributed by atoms with van der Waals surface area (Å²) in [4.78, 5) is 0. The van der Waals surface area contributed by atoms with Gasteiger partial charge >= 0.3 is 0 Å². The van der Waals surface area contributed by atoms with Crippen LogP contribution in [-0.4, -0.2) is 23.4 Å². The Morgan fingerprint density at radius 1 is 1.24 bits per heavy atom. The molecule has 1 saturated heterocycles. The van der Waals surface area contributed by atoms with Crippen LogP contribution < -0.4 is 0 Å². The van der Waals surface area contributed by atoms with Crippen molar-refractivity contribution in [1.82, 2.24) is 0 Å². The minimum atomic E-state index is -0.169. The number of benzene rings is 1. The number of hydrogen-bond donors (Lipinski definition) is 2. The summed E-state index contributed by atoms with van der Waals surface area (Å²) in [7, 11) is 0. The minimum Gasteiger partial charge on any atom is -0.508 e. The molecule has 1 aliphatic heterocycles. The molecule has 1 aromatic rings. The van der Waals surface area contributed by atoms with Crippen molar-refractivity contribution in [3.8, 4) is 5.75 Å². The lowest BCUT2D eigenvalue weighted by Crippen LogP contribution is -2.53. The number of phenolic OH excluding ortho intramolecular Hbond substituents is 1. The number of hydrogen-bond acceptors (Lipinski definition) is 3. The first-order valence-electron chi connectivity index (χ1n) is 7.69. The maximum Gasteiger partial charge on any atom is 0.115 e. The van der Waals surface area contributed by atoms with Crippen LogP contribution in [0.25, 0.3) is 0 Å². The van der Waals surface area contributed by atoms with Crippen LogP contribution in [0, 0.1) is 23.2 Å². The lowest BCUT2D eigenvalue weighted by atomic mass is 9.56. The average molecular weight is 288 g/mol. The molecule has 1 aliphatic carbocycles. The molecular formula is C18H24O3. The van der Waals surface area contributed by atoms with Crippen LogP contribution >= 0.6 is 0 Å². The predicted molar refractivity (Wildman–Crippen MR) is 81.9 cm³/mol. The fraction of sp³-hybridized carbons (Fsp3) is 0.556. The van der Waals surface area contributed by atoms with Crippen LogP contribution in [0.3, 0.4) is 0 Å². The summed E-state index contributed by atoms with van der Waals surface area (Å²) >= 11 is 0. The van der Waals surface area contributed by atoms with Crippen molar-refractivity contribution >= 4 is 0 Å². The highest BCUT2D eigenvalue weighted by molar-refractivity contribution is 5.31. The molecule has 0 unspecified atom stereocenters. The molecule has 0 amide bonds. The van der Waals surface area contributed by atoms with Crippen molar-refractivity contribution < 1.29 is 14.9 Å². The molecule has 21 heavy (non-hydrogen) atoms. The van der Waals surface area contributed by atoms with E-state index in [2.05, 4.69) is 26.8 Å². The largest absolute Gasteiger partial charge is 0.508 e. The third kappa shape index (κ3) is 2.11. The van der Waals surface area contributed by atoms with Gasteiger partial charge in [0.1, 0.15) is 5.75 Å². The van der Waals surface area contributed by atoms with E-state index in [0.717, 1.165) is 5.56 Å². The van der Waals surface area contributed by atoms with Crippen LogP contribution in [0.2, 0.25) is 0 Å². The summed E-state index contributed by atoms with van der Waals surface area (Å²) in [5.74, 6) is 1.26. The van der Waals surface area contributed by atoms with Gasteiger partial charge in [0, 0.05) is 11.3 Å². The Kier molecular flexibility index (Phi) is 3.58. The fourth-order valence-corrected chi connectivity index (χ4v) is 4.25. The van der Waals surface area contributed by atoms with Crippen LogP contribution in [0.4, 0.5) is 0 Å². The van der Waals surface area contributed by atoms with E-state index in [1.54, 1.807) is 12.1 Å². The second-order valence-electron chi connectivity index (χ2n) is 6.73. The highest BCUT2D eigenvalue weighted by Gasteiger charge is 2.53. The van der Waals surface area contributed by atoms with Crippen LogP contribution in [-0.2, 0) is 4.74 Å². The molecule has 2 aliphatic rings. The molecule has 3 nitrogen and oxygen atoms in total. The predicted octanol–water partition coefficient (Wildman–Crippen LogP) is 3.29. The first kappa shape index (κ1) is 14.6. The number of ether oxygens (including phenoxy) is 1. The molecule has 1 heterocycles. The first-order chi connectivity index (χ1) is 9.99. The number of aliphatic hydroxyl groups excluding tert-OH is 1. The molecule has 0 aromatic heterocycles. The van der Waals surface area contributed by atoms with Gasteiger partial charge in [-0.1, -0.05) is 37.6 Å². The molecular weight excluding hydrogens is 264 g/mol. The summed E-state index contributed by atoms with van der Waals surface area (Å²) < 4.78 is 6.19. The second kappa shape index (κ2) is 5.15.